The number of halogens is 1. The molecule has 0 saturated carbocycles. The van der Waals surface area contributed by atoms with Crippen LogP contribution in [0.4, 0.5) is 4.39 Å². The molecule has 1 aromatic carbocycles. The summed E-state index contributed by atoms with van der Waals surface area (Å²) in [6, 6.07) is 3.91. The van der Waals surface area contributed by atoms with Crippen molar-refractivity contribution in [2.45, 2.75) is 39.3 Å². The third kappa shape index (κ3) is 1.69. The molecule has 2 atom stereocenters. The van der Waals surface area contributed by atoms with Crippen LogP contribution in [0.3, 0.4) is 0 Å². The third-order valence-corrected chi connectivity index (χ3v) is 3.12. The molecule has 2 unspecified atom stereocenters. The van der Waals surface area contributed by atoms with Gasteiger partial charge in [-0.1, -0.05) is 26.0 Å². The summed E-state index contributed by atoms with van der Waals surface area (Å²) < 4.78 is 19.6. The van der Waals surface area contributed by atoms with Crippen molar-refractivity contribution in [2.24, 2.45) is 0 Å². The van der Waals surface area contributed by atoms with Crippen LogP contribution in [-0.2, 0) is 0 Å². The molecule has 88 valence electrons. The van der Waals surface area contributed by atoms with E-state index in [1.807, 2.05) is 12.1 Å². The molecule has 1 N–H and O–H groups in total. The molecule has 3 heteroatoms. The maximum atomic E-state index is 13.9. The van der Waals surface area contributed by atoms with Gasteiger partial charge in [-0.2, -0.15) is 0 Å². The van der Waals surface area contributed by atoms with Crippen LogP contribution >= 0.6 is 0 Å². The largest absolute Gasteiger partial charge is 0.485 e. The molecule has 2 rings (SSSR count). The lowest BCUT2D eigenvalue weighted by Gasteiger charge is -2.17. The summed E-state index contributed by atoms with van der Waals surface area (Å²) in [5.41, 5.74) is 1.60. The van der Waals surface area contributed by atoms with E-state index in [0.717, 1.165) is 18.5 Å². The predicted octanol–water partition coefficient (Wildman–Crippen LogP) is 2.96. The molecule has 0 amide bonds. The molecule has 1 aromatic rings. The highest BCUT2D eigenvalue weighted by Gasteiger charge is 2.34. The first kappa shape index (κ1) is 11.4. The standard InChI is InChI=1S/C13H18FNO/c1-4-10-12(15-5-2)9-7-6-8(3)11(14)13(9)16-10/h6-7,10,12,15H,4-5H2,1-3H3. The van der Waals surface area contributed by atoms with Gasteiger partial charge in [-0.05, 0) is 25.5 Å². The summed E-state index contributed by atoms with van der Waals surface area (Å²) in [6.45, 7) is 6.74. The first-order valence-electron chi connectivity index (χ1n) is 5.88. The highest BCUT2D eigenvalue weighted by atomic mass is 19.1. The number of nitrogens with one attached hydrogen (secondary N) is 1. The molecule has 0 spiro atoms. The summed E-state index contributed by atoms with van der Waals surface area (Å²) >= 11 is 0. The number of likely N-dealkylation sites (N-methyl/N-ethyl adjacent to an activating group) is 1. The molecule has 1 aliphatic rings. The van der Waals surface area contributed by atoms with Gasteiger partial charge in [0.15, 0.2) is 11.6 Å². The average Bonchev–Trinajstić information content (AvgIpc) is 2.63. The predicted molar refractivity (Wildman–Crippen MR) is 62.3 cm³/mol. The number of benzene rings is 1. The fourth-order valence-electron chi connectivity index (χ4n) is 2.23. The molecule has 16 heavy (non-hydrogen) atoms. The van der Waals surface area contributed by atoms with Gasteiger partial charge in [0.1, 0.15) is 6.10 Å². The van der Waals surface area contributed by atoms with E-state index < -0.39 is 0 Å². The number of hydrogen-bond acceptors (Lipinski definition) is 2. The Bertz CT molecular complexity index is 392. The normalized spacial score (nSPS) is 23.0. The van der Waals surface area contributed by atoms with Gasteiger partial charge in [0.05, 0.1) is 6.04 Å². The lowest BCUT2D eigenvalue weighted by molar-refractivity contribution is 0.180. The van der Waals surface area contributed by atoms with Gasteiger partial charge in [0.25, 0.3) is 0 Å². The van der Waals surface area contributed by atoms with Gasteiger partial charge in [0.2, 0.25) is 0 Å². The van der Waals surface area contributed by atoms with Gasteiger partial charge in [-0.3, -0.25) is 0 Å². The molecule has 0 bridgehead atoms. The summed E-state index contributed by atoms with van der Waals surface area (Å²) in [5, 5.41) is 3.36. The second kappa shape index (κ2) is 4.42. The minimum Gasteiger partial charge on any atom is -0.485 e. The van der Waals surface area contributed by atoms with Crippen molar-refractivity contribution in [2.75, 3.05) is 6.54 Å². The molecular formula is C13H18FNO. The van der Waals surface area contributed by atoms with Crippen LogP contribution in [-0.4, -0.2) is 12.6 Å². The van der Waals surface area contributed by atoms with E-state index >= 15 is 0 Å². The second-order valence-electron chi connectivity index (χ2n) is 4.21. The Hall–Kier alpha value is -1.09. The van der Waals surface area contributed by atoms with Crippen molar-refractivity contribution in [3.05, 3.63) is 29.1 Å². The maximum Gasteiger partial charge on any atom is 0.168 e. The Morgan fingerprint density at radius 2 is 2.12 bits per heavy atom. The molecule has 0 saturated heterocycles. The highest BCUT2D eigenvalue weighted by Crippen LogP contribution is 2.40. The summed E-state index contributed by atoms with van der Waals surface area (Å²) in [6.07, 6.45) is 0.927. The van der Waals surface area contributed by atoms with Crippen LogP contribution in [0.15, 0.2) is 12.1 Å². The Kier molecular flexibility index (Phi) is 3.15. The van der Waals surface area contributed by atoms with Gasteiger partial charge in [0, 0.05) is 5.56 Å². The highest BCUT2D eigenvalue weighted by molar-refractivity contribution is 5.44. The smallest absolute Gasteiger partial charge is 0.168 e. The number of fused-ring (bicyclic) bond motifs is 1. The van der Waals surface area contributed by atoms with Crippen molar-refractivity contribution >= 4 is 0 Å². The summed E-state index contributed by atoms with van der Waals surface area (Å²) in [5.74, 6) is 0.231. The quantitative estimate of drug-likeness (QED) is 0.850. The van der Waals surface area contributed by atoms with Crippen LogP contribution in [0, 0.1) is 12.7 Å². The van der Waals surface area contributed by atoms with Crippen LogP contribution in [0.1, 0.15) is 37.4 Å². The number of aryl methyl sites for hydroxylation is 1. The minimum absolute atomic E-state index is 0.0475. The van der Waals surface area contributed by atoms with Crippen molar-refractivity contribution < 1.29 is 9.13 Å². The Morgan fingerprint density at radius 3 is 2.75 bits per heavy atom. The number of rotatable bonds is 3. The molecule has 1 heterocycles. The molecule has 2 nitrogen and oxygen atoms in total. The van der Waals surface area contributed by atoms with Crippen LogP contribution in [0.2, 0.25) is 0 Å². The molecule has 0 aliphatic carbocycles. The van der Waals surface area contributed by atoms with E-state index in [-0.39, 0.29) is 18.0 Å². The summed E-state index contributed by atoms with van der Waals surface area (Å²) in [7, 11) is 0. The summed E-state index contributed by atoms with van der Waals surface area (Å²) in [4.78, 5) is 0. The molecule has 0 aromatic heterocycles. The Balaban J connectivity index is 2.41. The van der Waals surface area contributed by atoms with Crippen molar-refractivity contribution in [1.29, 1.82) is 0 Å². The molecule has 1 aliphatic heterocycles. The molecule has 0 fully saturated rings. The first-order chi connectivity index (χ1) is 7.69. The van der Waals surface area contributed by atoms with Crippen LogP contribution < -0.4 is 10.1 Å². The van der Waals surface area contributed by atoms with Crippen LogP contribution in [0.5, 0.6) is 5.75 Å². The van der Waals surface area contributed by atoms with Gasteiger partial charge in [-0.15, -0.1) is 0 Å². The zero-order valence-corrected chi connectivity index (χ0v) is 10.0. The second-order valence-corrected chi connectivity index (χ2v) is 4.21. The number of hydrogen-bond donors (Lipinski definition) is 1. The van der Waals surface area contributed by atoms with E-state index in [4.69, 9.17) is 4.74 Å². The van der Waals surface area contributed by atoms with Gasteiger partial charge >= 0.3 is 0 Å². The minimum atomic E-state index is -0.212. The number of ether oxygens (including phenoxy) is 1. The van der Waals surface area contributed by atoms with E-state index in [1.54, 1.807) is 6.92 Å². The van der Waals surface area contributed by atoms with E-state index in [0.29, 0.717) is 11.3 Å². The van der Waals surface area contributed by atoms with E-state index in [2.05, 4.69) is 19.2 Å². The maximum absolute atomic E-state index is 13.9. The molecule has 0 radical (unpaired) electrons. The van der Waals surface area contributed by atoms with Crippen molar-refractivity contribution in [1.82, 2.24) is 5.32 Å². The fourth-order valence-corrected chi connectivity index (χ4v) is 2.23. The fraction of sp³-hybridized carbons (Fsp3) is 0.538. The lowest BCUT2D eigenvalue weighted by atomic mass is 10.0. The van der Waals surface area contributed by atoms with Crippen LogP contribution in [0.25, 0.3) is 0 Å². The topological polar surface area (TPSA) is 21.3 Å². The third-order valence-electron chi connectivity index (χ3n) is 3.12. The molecular weight excluding hydrogens is 205 g/mol. The van der Waals surface area contributed by atoms with Crippen molar-refractivity contribution in [3.8, 4) is 5.75 Å². The zero-order chi connectivity index (χ0) is 11.7. The van der Waals surface area contributed by atoms with E-state index in [9.17, 15) is 4.39 Å². The van der Waals surface area contributed by atoms with Crippen molar-refractivity contribution in [3.63, 3.8) is 0 Å². The van der Waals surface area contributed by atoms with E-state index in [1.165, 1.54) is 0 Å². The van der Waals surface area contributed by atoms with Gasteiger partial charge < -0.3 is 10.1 Å². The Morgan fingerprint density at radius 1 is 1.38 bits per heavy atom. The monoisotopic (exact) mass is 223 g/mol. The SMILES string of the molecule is CCNC1c2ccc(C)c(F)c2OC1CC. The average molecular weight is 223 g/mol. The Labute approximate surface area is 95.8 Å². The first-order valence-corrected chi connectivity index (χ1v) is 5.88. The lowest BCUT2D eigenvalue weighted by Crippen LogP contribution is -2.30. The zero-order valence-electron chi connectivity index (χ0n) is 10.0. The van der Waals surface area contributed by atoms with Gasteiger partial charge in [-0.25, -0.2) is 4.39 Å².